The quantitative estimate of drug-likeness (QED) is 0.0585. The molecule has 3 heterocycles. The third-order valence-electron chi connectivity index (χ3n) is 11.3. The van der Waals surface area contributed by atoms with Crippen LogP contribution < -0.4 is 20.3 Å². The van der Waals surface area contributed by atoms with Gasteiger partial charge in [-0.15, -0.1) is 13.2 Å². The number of carbonyl (C=O) groups is 2. The fraction of sp³-hybridized carbons (Fsp3) is 0.636. The van der Waals surface area contributed by atoms with E-state index in [2.05, 4.69) is 35.5 Å². The van der Waals surface area contributed by atoms with Crippen molar-refractivity contribution in [2.45, 2.75) is 43.9 Å². The Kier molecular flexibility index (Phi) is 20.6. The highest BCUT2D eigenvalue weighted by Gasteiger charge is 2.53. The topological polar surface area (TPSA) is 227 Å². The number of halogens is 3. The maximum atomic E-state index is 13.1. The van der Waals surface area contributed by atoms with Crippen LogP contribution in [-0.4, -0.2) is 181 Å². The molecule has 2 saturated carbocycles. The number of hydrogen-bond acceptors (Lipinski definition) is 16. The lowest BCUT2D eigenvalue weighted by Gasteiger charge is -2.28. The standard InChI is InChI=1S/C44H61F3N6O13/c45-44(46,47)66-33-3-1-32(2-4-33)51-42(56)31-27-37(38-5-7-50-52-38)41(49-28-31)53-9-6-34(29-53)65-24-23-64-22-21-63-20-19-62-18-17-61-16-15-60-14-13-59-12-11-58-10-8-48-43(57)36-26-30-25-35(36)40(55)39(30)54/h1-5,7,27-28,30,34-36,39-40,54-55H,6,8-26,29H2,(H,48,57)(H,50,52)(H,51,56). The Morgan fingerprint density at radius 1 is 0.773 bits per heavy atom. The largest absolute Gasteiger partial charge is 0.573 e. The number of H-pyrrole nitrogens is 1. The zero-order chi connectivity index (χ0) is 46.6. The van der Waals surface area contributed by atoms with E-state index in [0.29, 0.717) is 149 Å². The zero-order valence-corrected chi connectivity index (χ0v) is 36.8. The summed E-state index contributed by atoms with van der Waals surface area (Å²) in [7, 11) is 0. The number of carbonyl (C=O) groups excluding carboxylic acids is 2. The Bertz CT molecular complexity index is 1880. The number of fused-ring (bicyclic) bond motifs is 2. The highest BCUT2D eigenvalue weighted by molar-refractivity contribution is 6.05. The number of aliphatic hydroxyl groups excluding tert-OH is 2. The van der Waals surface area contributed by atoms with E-state index >= 15 is 0 Å². The Balaban J connectivity index is 0.701. The van der Waals surface area contributed by atoms with Crippen LogP contribution in [0.1, 0.15) is 29.6 Å². The molecule has 366 valence electrons. The summed E-state index contributed by atoms with van der Waals surface area (Å²) >= 11 is 0. The summed E-state index contributed by atoms with van der Waals surface area (Å²) in [6, 6.07) is 8.32. The van der Waals surface area contributed by atoms with Crippen molar-refractivity contribution in [3.05, 3.63) is 54.4 Å². The minimum Gasteiger partial charge on any atom is -0.406 e. The lowest BCUT2D eigenvalue weighted by molar-refractivity contribution is -0.274. The molecular weight excluding hydrogens is 878 g/mol. The summed E-state index contributed by atoms with van der Waals surface area (Å²) in [4.78, 5) is 32.2. The molecule has 19 nitrogen and oxygen atoms in total. The number of nitrogens with one attached hydrogen (secondary N) is 3. The summed E-state index contributed by atoms with van der Waals surface area (Å²) in [5.74, 6) is -0.692. The molecule has 6 rings (SSSR count). The Morgan fingerprint density at radius 3 is 1.91 bits per heavy atom. The minimum atomic E-state index is -4.81. The van der Waals surface area contributed by atoms with Gasteiger partial charge in [0.25, 0.3) is 5.91 Å². The molecule has 3 fully saturated rings. The fourth-order valence-corrected chi connectivity index (χ4v) is 8.11. The predicted molar refractivity (Wildman–Crippen MR) is 230 cm³/mol. The molecule has 0 radical (unpaired) electrons. The van der Waals surface area contributed by atoms with E-state index in [1.54, 1.807) is 18.3 Å². The third-order valence-corrected chi connectivity index (χ3v) is 11.3. The van der Waals surface area contributed by atoms with Crippen molar-refractivity contribution in [1.29, 1.82) is 0 Å². The van der Waals surface area contributed by atoms with Gasteiger partial charge < -0.3 is 68.4 Å². The van der Waals surface area contributed by atoms with Crippen LogP contribution >= 0.6 is 0 Å². The van der Waals surface area contributed by atoms with E-state index in [1.165, 1.54) is 18.3 Å². The number of benzene rings is 1. The molecule has 2 bridgehead atoms. The average Bonchev–Trinajstić information content (AvgIpc) is 4.14. The summed E-state index contributed by atoms with van der Waals surface area (Å²) in [5.41, 5.74) is 1.86. The molecule has 6 atom stereocenters. The van der Waals surface area contributed by atoms with E-state index in [9.17, 15) is 33.0 Å². The van der Waals surface area contributed by atoms with Gasteiger partial charge in [-0.25, -0.2) is 4.98 Å². The van der Waals surface area contributed by atoms with Crippen LogP contribution in [-0.2, 0) is 42.7 Å². The van der Waals surface area contributed by atoms with Crippen molar-refractivity contribution in [2.24, 2.45) is 17.8 Å². The highest BCUT2D eigenvalue weighted by Crippen LogP contribution is 2.48. The van der Waals surface area contributed by atoms with Gasteiger partial charge in [-0.05, 0) is 67.5 Å². The van der Waals surface area contributed by atoms with Crippen LogP contribution in [0.2, 0.25) is 0 Å². The summed E-state index contributed by atoms with van der Waals surface area (Å²) < 4.78 is 86.2. The molecule has 5 N–H and O–H groups in total. The van der Waals surface area contributed by atoms with Crippen molar-refractivity contribution >= 4 is 23.3 Å². The Labute approximate surface area is 380 Å². The molecule has 22 heteroatoms. The monoisotopic (exact) mass is 938 g/mol. The number of pyridine rings is 1. The van der Waals surface area contributed by atoms with Gasteiger partial charge in [-0.2, -0.15) is 5.10 Å². The van der Waals surface area contributed by atoms with Gasteiger partial charge in [0.1, 0.15) is 11.6 Å². The summed E-state index contributed by atoms with van der Waals surface area (Å²) in [6.07, 6.45) is -1.22. The number of alkyl halides is 3. The molecule has 66 heavy (non-hydrogen) atoms. The number of aliphatic hydroxyl groups is 2. The molecule has 2 amide bonds. The van der Waals surface area contributed by atoms with Crippen LogP contribution in [0, 0.1) is 17.8 Å². The number of ether oxygens (including phenoxy) is 9. The lowest BCUT2D eigenvalue weighted by atomic mass is 9.84. The number of aromatic amines is 1. The van der Waals surface area contributed by atoms with Gasteiger partial charge in [0.2, 0.25) is 5.91 Å². The van der Waals surface area contributed by atoms with Crippen LogP contribution in [0.3, 0.4) is 0 Å². The SMILES string of the molecule is O=C(Nc1ccc(OC(F)(F)F)cc1)c1cnc(N2CCC(OCCOCCOCCOCCOCCOCCOCCOCCNC(=O)C3CC4CC3C(O)C4O)C2)c(-c2ccn[nH]2)c1. The molecular formula is C44H61F3N6O13. The first-order valence-corrected chi connectivity index (χ1v) is 22.3. The number of aromatic nitrogens is 3. The van der Waals surface area contributed by atoms with Gasteiger partial charge in [0, 0.05) is 49.2 Å². The van der Waals surface area contributed by atoms with Crippen molar-refractivity contribution < 1.29 is 75.6 Å². The van der Waals surface area contributed by atoms with Crippen LogP contribution in [0.15, 0.2) is 48.8 Å². The molecule has 1 saturated heterocycles. The smallest absolute Gasteiger partial charge is 0.406 e. The zero-order valence-electron chi connectivity index (χ0n) is 36.8. The van der Waals surface area contributed by atoms with Crippen LogP contribution in [0.4, 0.5) is 24.7 Å². The Morgan fingerprint density at radius 2 is 1.36 bits per heavy atom. The maximum Gasteiger partial charge on any atom is 0.573 e. The van der Waals surface area contributed by atoms with Crippen molar-refractivity contribution in [3.8, 4) is 17.0 Å². The van der Waals surface area contributed by atoms with Gasteiger partial charge in [-0.1, -0.05) is 0 Å². The van der Waals surface area contributed by atoms with Crippen molar-refractivity contribution in [2.75, 3.05) is 129 Å². The Hall–Kier alpha value is -4.49. The van der Waals surface area contributed by atoms with Gasteiger partial charge in [0.15, 0.2) is 0 Å². The van der Waals surface area contributed by atoms with Crippen LogP contribution in [0.25, 0.3) is 11.3 Å². The number of hydrogen-bond donors (Lipinski definition) is 5. The number of amides is 2. The maximum absolute atomic E-state index is 13.1. The highest BCUT2D eigenvalue weighted by atomic mass is 19.4. The van der Waals surface area contributed by atoms with E-state index < -0.39 is 30.2 Å². The molecule has 6 unspecified atom stereocenters. The molecule has 2 aromatic heterocycles. The first kappa shape index (κ1) is 50.9. The normalized spacial score (nSPS) is 21.4. The molecule has 3 aliphatic rings. The molecule has 2 aliphatic carbocycles. The molecule has 3 aromatic rings. The average molecular weight is 939 g/mol. The van der Waals surface area contributed by atoms with Gasteiger partial charge >= 0.3 is 6.36 Å². The van der Waals surface area contributed by atoms with Crippen molar-refractivity contribution in [1.82, 2.24) is 20.5 Å². The third kappa shape index (κ3) is 16.4. The van der Waals surface area contributed by atoms with Gasteiger partial charge in [-0.3, -0.25) is 14.7 Å². The molecule has 1 aliphatic heterocycles. The first-order valence-electron chi connectivity index (χ1n) is 22.3. The number of anilines is 2. The predicted octanol–water partition coefficient (Wildman–Crippen LogP) is 2.83. The molecule has 1 aromatic carbocycles. The summed E-state index contributed by atoms with van der Waals surface area (Å²) in [6.45, 7) is 7.98. The summed E-state index contributed by atoms with van der Waals surface area (Å²) in [5, 5.41) is 32.4. The number of rotatable bonds is 31. The second-order valence-corrected chi connectivity index (χ2v) is 15.9. The number of nitrogens with zero attached hydrogens (tertiary/aromatic N) is 3. The van der Waals surface area contributed by atoms with Gasteiger partial charge in [0.05, 0.1) is 129 Å². The second kappa shape index (κ2) is 26.7. The van der Waals surface area contributed by atoms with E-state index in [-0.39, 0.29) is 41.0 Å². The second-order valence-electron chi connectivity index (χ2n) is 15.9. The minimum absolute atomic E-state index is 0.0161. The van der Waals surface area contributed by atoms with Crippen molar-refractivity contribution in [3.63, 3.8) is 0 Å². The fourth-order valence-electron chi connectivity index (χ4n) is 8.11. The van der Waals surface area contributed by atoms with E-state index in [1.807, 2.05) is 0 Å². The first-order chi connectivity index (χ1) is 32.1. The van der Waals surface area contributed by atoms with Crippen LogP contribution in [0.5, 0.6) is 5.75 Å². The molecule has 0 spiro atoms. The van der Waals surface area contributed by atoms with E-state index in [0.717, 1.165) is 18.6 Å². The van der Waals surface area contributed by atoms with E-state index in [4.69, 9.17) is 37.9 Å². The lowest BCUT2D eigenvalue weighted by Crippen LogP contribution is -2.43.